The molecule has 0 rings (SSSR count). The fourth-order valence-electron chi connectivity index (χ4n) is 2.50. The second-order valence-corrected chi connectivity index (χ2v) is 14.0. The van der Waals surface area contributed by atoms with Gasteiger partial charge in [-0.25, -0.2) is 4.57 Å². The molecule has 0 heterocycles. The van der Waals surface area contributed by atoms with E-state index in [1.165, 1.54) is 13.8 Å². The lowest BCUT2D eigenvalue weighted by atomic mass is 9.87. The molecule has 0 aromatic carbocycles. The Hall–Kier alpha value is -0.720. The van der Waals surface area contributed by atoms with Crippen LogP contribution in [-0.2, 0) is 28.0 Å². The lowest BCUT2D eigenvalue weighted by Gasteiger charge is -2.31. The van der Waals surface area contributed by atoms with Crippen molar-refractivity contribution in [3.05, 3.63) is 0 Å². The maximum absolute atomic E-state index is 12.3. The van der Waals surface area contributed by atoms with E-state index in [0.29, 0.717) is 6.54 Å². The van der Waals surface area contributed by atoms with Gasteiger partial charge in [0.15, 0.2) is 0 Å². The van der Waals surface area contributed by atoms with Gasteiger partial charge in [0, 0.05) is 36.7 Å². The van der Waals surface area contributed by atoms with E-state index in [1.807, 2.05) is 20.8 Å². The molecule has 214 valence electrons. The Morgan fingerprint density at radius 1 is 0.972 bits per heavy atom. The molecule has 0 spiro atoms. The van der Waals surface area contributed by atoms with Gasteiger partial charge in [-0.05, 0) is 60.6 Å². The summed E-state index contributed by atoms with van der Waals surface area (Å²) in [5, 5.41) is 15.7. The molecule has 11 nitrogen and oxygen atoms in total. The Kier molecular flexibility index (Phi) is 15.3. The van der Waals surface area contributed by atoms with Crippen molar-refractivity contribution in [2.75, 3.05) is 31.2 Å². The average molecular weight is 558 g/mol. The van der Waals surface area contributed by atoms with E-state index < -0.39 is 30.8 Å². The lowest BCUT2D eigenvalue weighted by molar-refractivity contribution is -0.137. The largest absolute Gasteiger partial charge is 0.472 e. The quantitative estimate of drug-likeness (QED) is 0.102. The highest BCUT2D eigenvalue weighted by atomic mass is 32.2. The molecule has 3 unspecified atom stereocenters. The minimum Gasteiger partial charge on any atom is -0.383 e. The van der Waals surface area contributed by atoms with Crippen LogP contribution < -0.4 is 16.1 Å². The predicted molar refractivity (Wildman–Crippen MR) is 142 cm³/mol. The second kappa shape index (κ2) is 15.6. The highest BCUT2D eigenvalue weighted by Crippen LogP contribution is 2.48. The first-order valence-electron chi connectivity index (χ1n) is 12.2. The molecule has 0 saturated carbocycles. The molecule has 0 fully saturated rings. The molecule has 5 N–H and O–H groups in total. The molecule has 2 amide bonds. The van der Waals surface area contributed by atoms with Crippen molar-refractivity contribution in [3.63, 3.8) is 0 Å². The van der Waals surface area contributed by atoms with Crippen molar-refractivity contribution >= 4 is 31.4 Å². The number of aliphatic hydroxyl groups is 1. The van der Waals surface area contributed by atoms with Crippen LogP contribution in [0.25, 0.3) is 0 Å². The topological polar surface area (TPSA) is 155 Å². The predicted octanol–water partition coefficient (Wildman–Crippen LogP) is 2.76. The summed E-state index contributed by atoms with van der Waals surface area (Å²) in [5.74, 6) is 0.793. The molecule has 0 aromatic rings. The highest BCUT2D eigenvalue weighted by molar-refractivity contribution is 7.99. The van der Waals surface area contributed by atoms with E-state index >= 15 is 0 Å². The van der Waals surface area contributed by atoms with Crippen molar-refractivity contribution in [2.45, 2.75) is 98.5 Å². The van der Waals surface area contributed by atoms with E-state index in [2.05, 4.69) is 23.0 Å². The number of hydroxylamine groups is 1. The van der Waals surface area contributed by atoms with Crippen LogP contribution in [-0.4, -0.2) is 76.4 Å². The summed E-state index contributed by atoms with van der Waals surface area (Å²) in [6.07, 6.45) is -0.516. The van der Waals surface area contributed by atoms with Crippen LogP contribution in [0.1, 0.15) is 75.2 Å². The van der Waals surface area contributed by atoms with Crippen molar-refractivity contribution in [2.24, 2.45) is 5.41 Å². The third kappa shape index (κ3) is 18.5. The SMILES string of the molecule is CC(CCSCCNC(=O)CCNC(=O)C(O)C(C)(C)COP(=O)(O)OC(C)(C)C)NOC(C)(C)C. The van der Waals surface area contributed by atoms with Crippen LogP contribution >= 0.6 is 19.6 Å². The van der Waals surface area contributed by atoms with E-state index in [4.69, 9.17) is 13.9 Å². The number of carbonyl (C=O) groups is 2. The Morgan fingerprint density at radius 2 is 1.58 bits per heavy atom. The molecule has 0 saturated heterocycles. The minimum atomic E-state index is -4.35. The maximum Gasteiger partial charge on any atom is 0.472 e. The summed E-state index contributed by atoms with van der Waals surface area (Å²) in [6, 6.07) is 0.229. The third-order valence-electron chi connectivity index (χ3n) is 4.46. The zero-order chi connectivity index (χ0) is 28.2. The molecular weight excluding hydrogens is 509 g/mol. The van der Waals surface area contributed by atoms with Gasteiger partial charge in [-0.2, -0.15) is 17.2 Å². The molecule has 0 aliphatic heterocycles. The summed E-state index contributed by atoms with van der Waals surface area (Å²) in [4.78, 5) is 39.6. The smallest absolute Gasteiger partial charge is 0.383 e. The monoisotopic (exact) mass is 557 g/mol. The molecule has 0 aromatic heterocycles. The van der Waals surface area contributed by atoms with Crippen molar-refractivity contribution in [1.29, 1.82) is 0 Å². The zero-order valence-electron chi connectivity index (χ0n) is 23.3. The maximum atomic E-state index is 12.3. The standard InChI is InChI=1S/C23H48N3O8PS/c1-17(26-33-21(2,3)4)11-14-36-15-13-24-18(27)10-12-25-20(29)19(28)23(8,9)16-32-35(30,31)34-22(5,6)7/h17,19,26,28H,10-16H2,1-9H3,(H,24,27)(H,25,29)(H,30,31). The highest BCUT2D eigenvalue weighted by Gasteiger charge is 2.38. The summed E-state index contributed by atoms with van der Waals surface area (Å²) < 4.78 is 22.0. The summed E-state index contributed by atoms with van der Waals surface area (Å²) >= 11 is 1.73. The number of nitrogens with one attached hydrogen (secondary N) is 3. The number of phosphoric ester groups is 1. The molecule has 0 aliphatic rings. The van der Waals surface area contributed by atoms with Gasteiger partial charge >= 0.3 is 7.82 Å². The zero-order valence-corrected chi connectivity index (χ0v) is 25.0. The van der Waals surface area contributed by atoms with Crippen LogP contribution in [0.4, 0.5) is 0 Å². The molecule has 0 radical (unpaired) electrons. The molecule has 13 heteroatoms. The third-order valence-corrected chi connectivity index (χ3v) is 6.71. The number of hydrogen-bond acceptors (Lipinski definition) is 9. The van der Waals surface area contributed by atoms with E-state index in [0.717, 1.165) is 17.9 Å². The van der Waals surface area contributed by atoms with Crippen LogP contribution in [0.2, 0.25) is 0 Å². The van der Waals surface area contributed by atoms with Gasteiger partial charge in [0.05, 0.1) is 17.8 Å². The Labute approximate surface area is 220 Å². The van der Waals surface area contributed by atoms with E-state index in [9.17, 15) is 24.2 Å². The summed E-state index contributed by atoms with van der Waals surface area (Å²) in [5.41, 5.74) is 0.723. The van der Waals surface area contributed by atoms with E-state index in [-0.39, 0.29) is 37.1 Å². The second-order valence-electron chi connectivity index (χ2n) is 11.4. The Balaban J connectivity index is 4.12. The van der Waals surface area contributed by atoms with Gasteiger partial charge < -0.3 is 20.6 Å². The first-order chi connectivity index (χ1) is 16.2. The lowest BCUT2D eigenvalue weighted by Crippen LogP contribution is -2.46. The van der Waals surface area contributed by atoms with Gasteiger partial charge in [-0.15, -0.1) is 0 Å². The molecule has 3 atom stereocenters. The molecular formula is C23H48N3O8PS. The minimum absolute atomic E-state index is 0.0500. The summed E-state index contributed by atoms with van der Waals surface area (Å²) in [7, 11) is -4.35. The first kappa shape index (κ1) is 35.3. The van der Waals surface area contributed by atoms with Gasteiger partial charge in [0.1, 0.15) is 6.10 Å². The van der Waals surface area contributed by atoms with E-state index in [1.54, 1.807) is 32.5 Å². The van der Waals surface area contributed by atoms with Gasteiger partial charge in [-0.1, -0.05) is 13.8 Å². The fourth-order valence-corrected chi connectivity index (χ4v) is 4.71. The fraction of sp³-hybridized carbons (Fsp3) is 0.913. The number of thioether (sulfide) groups is 1. The van der Waals surface area contributed by atoms with Crippen LogP contribution in [0.5, 0.6) is 0 Å². The van der Waals surface area contributed by atoms with Crippen LogP contribution in [0.3, 0.4) is 0 Å². The average Bonchev–Trinajstić information content (AvgIpc) is 2.70. The number of aliphatic hydroxyl groups excluding tert-OH is 1. The normalized spacial score (nSPS) is 16.2. The number of rotatable bonds is 17. The number of hydrogen-bond donors (Lipinski definition) is 5. The van der Waals surface area contributed by atoms with Gasteiger partial charge in [0.25, 0.3) is 0 Å². The number of amides is 2. The van der Waals surface area contributed by atoms with Gasteiger partial charge in [-0.3, -0.25) is 23.5 Å². The molecule has 36 heavy (non-hydrogen) atoms. The van der Waals surface area contributed by atoms with Crippen molar-refractivity contribution in [1.82, 2.24) is 16.1 Å². The number of phosphoric acid groups is 1. The number of carbonyl (C=O) groups excluding carboxylic acids is 2. The summed E-state index contributed by atoms with van der Waals surface area (Å²) in [6.45, 7) is 16.0. The van der Waals surface area contributed by atoms with Crippen molar-refractivity contribution in [3.8, 4) is 0 Å². The molecule has 0 aliphatic carbocycles. The first-order valence-corrected chi connectivity index (χ1v) is 14.8. The molecule has 0 bridgehead atoms. The Morgan fingerprint density at radius 3 is 2.14 bits per heavy atom. The van der Waals surface area contributed by atoms with Crippen LogP contribution in [0.15, 0.2) is 0 Å². The van der Waals surface area contributed by atoms with Crippen molar-refractivity contribution < 1.29 is 38.0 Å². The van der Waals surface area contributed by atoms with Crippen LogP contribution in [0, 0.1) is 5.41 Å². The van der Waals surface area contributed by atoms with Gasteiger partial charge in [0.2, 0.25) is 11.8 Å². The Bertz CT molecular complexity index is 725.